The molecule has 0 aromatic heterocycles. The predicted octanol–water partition coefficient (Wildman–Crippen LogP) is 5.75. The van der Waals surface area contributed by atoms with Crippen molar-refractivity contribution in [3.8, 4) is 0 Å². The first-order valence-electron chi connectivity index (χ1n) is 13.4. The lowest BCUT2D eigenvalue weighted by Crippen LogP contribution is -2.53. The molecule has 200 valence electrons. The normalized spacial score (nSPS) is 15.9. The summed E-state index contributed by atoms with van der Waals surface area (Å²) in [4.78, 5) is 41.5. The standard InChI is InChI=1S/C29H45N3O4/c1-7-9-13-19-32(27(34)21(3)30-28(35)36-29(4,5)6)25(23-16-14-15-22(8-2)20-23)26(33)31-24-17-11-10-12-18-24/h8,14-16,20-21,24-25H,2,7,9-13,17-19H2,1,3-6H3,(H,30,35)(H,31,33). The number of rotatable bonds is 11. The number of carbonyl (C=O) groups is 3. The Hall–Kier alpha value is -2.83. The number of amides is 3. The van der Waals surface area contributed by atoms with Crippen molar-refractivity contribution in [2.24, 2.45) is 0 Å². The molecule has 36 heavy (non-hydrogen) atoms. The Morgan fingerprint density at radius 2 is 1.86 bits per heavy atom. The molecule has 0 heterocycles. The van der Waals surface area contributed by atoms with Gasteiger partial charge in [0.1, 0.15) is 17.7 Å². The summed E-state index contributed by atoms with van der Waals surface area (Å²) in [5, 5.41) is 5.88. The summed E-state index contributed by atoms with van der Waals surface area (Å²) in [6.45, 7) is 13.3. The van der Waals surface area contributed by atoms with E-state index in [1.807, 2.05) is 24.3 Å². The summed E-state index contributed by atoms with van der Waals surface area (Å²) < 4.78 is 5.35. The molecule has 2 rings (SSSR count). The average Bonchev–Trinajstić information content (AvgIpc) is 2.82. The molecule has 0 radical (unpaired) electrons. The fraction of sp³-hybridized carbons (Fsp3) is 0.621. The van der Waals surface area contributed by atoms with Gasteiger partial charge in [-0.3, -0.25) is 9.59 Å². The molecule has 1 aromatic carbocycles. The Kier molecular flexibility index (Phi) is 11.5. The molecule has 0 aliphatic heterocycles. The second-order valence-electron chi connectivity index (χ2n) is 10.7. The van der Waals surface area contributed by atoms with E-state index in [9.17, 15) is 14.4 Å². The summed E-state index contributed by atoms with van der Waals surface area (Å²) >= 11 is 0. The van der Waals surface area contributed by atoms with Crippen molar-refractivity contribution >= 4 is 24.0 Å². The third-order valence-corrected chi connectivity index (χ3v) is 6.36. The quantitative estimate of drug-likeness (QED) is 0.379. The molecule has 2 unspecified atom stereocenters. The topological polar surface area (TPSA) is 87.7 Å². The molecular weight excluding hydrogens is 454 g/mol. The zero-order valence-corrected chi connectivity index (χ0v) is 22.8. The second kappa shape index (κ2) is 14.0. The molecule has 7 heteroatoms. The summed E-state index contributed by atoms with van der Waals surface area (Å²) in [5.41, 5.74) is 0.931. The van der Waals surface area contributed by atoms with Gasteiger partial charge in [0.15, 0.2) is 0 Å². The van der Waals surface area contributed by atoms with Crippen LogP contribution in [0.15, 0.2) is 30.8 Å². The van der Waals surface area contributed by atoms with E-state index in [1.165, 1.54) is 6.42 Å². The van der Waals surface area contributed by atoms with Crippen molar-refractivity contribution in [1.29, 1.82) is 0 Å². The Labute approximate surface area is 217 Å². The van der Waals surface area contributed by atoms with Crippen LogP contribution in [0.2, 0.25) is 0 Å². The van der Waals surface area contributed by atoms with Gasteiger partial charge in [-0.25, -0.2) is 4.79 Å². The highest BCUT2D eigenvalue weighted by atomic mass is 16.6. The lowest BCUT2D eigenvalue weighted by Gasteiger charge is -2.35. The van der Waals surface area contributed by atoms with Crippen LogP contribution >= 0.6 is 0 Å². The number of nitrogens with one attached hydrogen (secondary N) is 2. The maximum atomic E-state index is 13.8. The van der Waals surface area contributed by atoms with Crippen LogP contribution in [-0.4, -0.2) is 47.0 Å². The van der Waals surface area contributed by atoms with Crippen LogP contribution in [0.25, 0.3) is 6.08 Å². The largest absolute Gasteiger partial charge is 0.444 e. The molecular formula is C29H45N3O4. The highest BCUT2D eigenvalue weighted by Crippen LogP contribution is 2.26. The monoisotopic (exact) mass is 499 g/mol. The van der Waals surface area contributed by atoms with E-state index in [2.05, 4.69) is 24.1 Å². The van der Waals surface area contributed by atoms with E-state index < -0.39 is 23.8 Å². The fourth-order valence-corrected chi connectivity index (χ4v) is 4.55. The Balaban J connectivity index is 2.38. The number of hydrogen-bond donors (Lipinski definition) is 2. The molecule has 1 aliphatic carbocycles. The van der Waals surface area contributed by atoms with Crippen molar-refractivity contribution in [3.05, 3.63) is 42.0 Å². The molecule has 0 spiro atoms. The van der Waals surface area contributed by atoms with Crippen LogP contribution in [-0.2, 0) is 14.3 Å². The van der Waals surface area contributed by atoms with Crippen LogP contribution in [0, 0.1) is 0 Å². The van der Waals surface area contributed by atoms with E-state index >= 15 is 0 Å². The number of carbonyl (C=O) groups excluding carboxylic acids is 3. The van der Waals surface area contributed by atoms with Gasteiger partial charge in [-0.1, -0.05) is 69.9 Å². The highest BCUT2D eigenvalue weighted by molar-refractivity contribution is 5.92. The number of alkyl carbamates (subject to hydrolysis) is 1. The fourth-order valence-electron chi connectivity index (χ4n) is 4.55. The molecule has 7 nitrogen and oxygen atoms in total. The van der Waals surface area contributed by atoms with Crippen LogP contribution in [0.5, 0.6) is 0 Å². The lowest BCUT2D eigenvalue weighted by molar-refractivity contribution is -0.142. The number of hydrogen-bond acceptors (Lipinski definition) is 4. The molecule has 1 aromatic rings. The van der Waals surface area contributed by atoms with E-state index in [1.54, 1.807) is 38.7 Å². The first-order valence-corrected chi connectivity index (χ1v) is 13.4. The molecule has 0 bridgehead atoms. The van der Waals surface area contributed by atoms with Crippen LogP contribution in [0.4, 0.5) is 4.79 Å². The smallest absolute Gasteiger partial charge is 0.408 e. The third kappa shape index (κ3) is 9.32. The summed E-state index contributed by atoms with van der Waals surface area (Å²) in [7, 11) is 0. The van der Waals surface area contributed by atoms with Crippen molar-refractivity contribution in [3.63, 3.8) is 0 Å². The molecule has 1 fully saturated rings. The predicted molar refractivity (Wildman–Crippen MR) is 144 cm³/mol. The SMILES string of the molecule is C=Cc1cccc(C(C(=O)NC2CCCCC2)N(CCCCC)C(=O)C(C)NC(=O)OC(C)(C)C)c1. The minimum absolute atomic E-state index is 0.112. The Bertz CT molecular complexity index is 887. The first-order chi connectivity index (χ1) is 17.1. The lowest BCUT2D eigenvalue weighted by atomic mass is 9.94. The second-order valence-corrected chi connectivity index (χ2v) is 10.7. The Morgan fingerprint density at radius 3 is 2.47 bits per heavy atom. The molecule has 1 saturated carbocycles. The van der Waals surface area contributed by atoms with Gasteiger partial charge in [-0.05, 0) is 64.2 Å². The number of unbranched alkanes of at least 4 members (excludes halogenated alkanes) is 2. The summed E-state index contributed by atoms with van der Waals surface area (Å²) in [6.07, 6.45) is 9.03. The maximum absolute atomic E-state index is 13.8. The third-order valence-electron chi connectivity index (χ3n) is 6.36. The van der Waals surface area contributed by atoms with Crippen molar-refractivity contribution in [2.75, 3.05) is 6.54 Å². The maximum Gasteiger partial charge on any atom is 0.408 e. The molecule has 3 amide bonds. The van der Waals surface area contributed by atoms with Crippen molar-refractivity contribution in [1.82, 2.24) is 15.5 Å². The molecule has 2 atom stereocenters. The molecule has 0 saturated heterocycles. The zero-order chi connectivity index (χ0) is 26.7. The van der Waals surface area contributed by atoms with Gasteiger partial charge in [0, 0.05) is 12.6 Å². The number of nitrogens with zero attached hydrogens (tertiary/aromatic N) is 1. The number of ether oxygens (including phenoxy) is 1. The highest BCUT2D eigenvalue weighted by Gasteiger charge is 2.35. The van der Waals surface area contributed by atoms with Gasteiger partial charge in [-0.2, -0.15) is 0 Å². The van der Waals surface area contributed by atoms with E-state index in [0.29, 0.717) is 6.54 Å². The first kappa shape index (κ1) is 29.4. The van der Waals surface area contributed by atoms with Crippen LogP contribution in [0.3, 0.4) is 0 Å². The minimum Gasteiger partial charge on any atom is -0.444 e. The van der Waals surface area contributed by atoms with Crippen molar-refractivity contribution in [2.45, 2.75) is 110 Å². The van der Waals surface area contributed by atoms with Crippen LogP contribution in [0.1, 0.15) is 103 Å². The minimum atomic E-state index is -0.853. The van der Waals surface area contributed by atoms with E-state index in [0.717, 1.165) is 56.1 Å². The van der Waals surface area contributed by atoms with Gasteiger partial charge < -0.3 is 20.3 Å². The molecule has 2 N–H and O–H groups in total. The summed E-state index contributed by atoms with van der Waals surface area (Å²) in [6, 6.07) is 6.04. The Morgan fingerprint density at radius 1 is 1.17 bits per heavy atom. The van der Waals surface area contributed by atoms with Gasteiger partial charge >= 0.3 is 6.09 Å². The van der Waals surface area contributed by atoms with Crippen LogP contribution < -0.4 is 10.6 Å². The van der Waals surface area contributed by atoms with Crippen molar-refractivity contribution < 1.29 is 19.1 Å². The average molecular weight is 500 g/mol. The number of benzene rings is 1. The van der Waals surface area contributed by atoms with E-state index in [-0.39, 0.29) is 17.9 Å². The van der Waals surface area contributed by atoms with Gasteiger partial charge in [0.2, 0.25) is 11.8 Å². The molecule has 1 aliphatic rings. The van der Waals surface area contributed by atoms with Gasteiger partial charge in [0.05, 0.1) is 0 Å². The van der Waals surface area contributed by atoms with Gasteiger partial charge in [0.25, 0.3) is 0 Å². The van der Waals surface area contributed by atoms with Gasteiger partial charge in [-0.15, -0.1) is 0 Å². The zero-order valence-electron chi connectivity index (χ0n) is 22.8. The summed E-state index contributed by atoms with van der Waals surface area (Å²) in [5.74, 6) is -0.498. The van der Waals surface area contributed by atoms with E-state index in [4.69, 9.17) is 4.74 Å².